The summed E-state index contributed by atoms with van der Waals surface area (Å²) < 4.78 is 11.1. The molecule has 4 rings (SSSR count). The standard InChI is InChI=1S/C23H36N2O3/c1-27-23-6-4-21(5-7-23)25-11-9-24(10-12-25)16-22(26)17-28-13-8-20-15-18-2-3-19(20)14-18/h4-7,18-20,22,26H,2-3,8-17H2,1H3/t18-,19-,20-,22-/m0/s1. The molecule has 2 saturated carbocycles. The number of ether oxygens (including phenoxy) is 2. The smallest absolute Gasteiger partial charge is 0.119 e. The van der Waals surface area contributed by atoms with Gasteiger partial charge in [0.25, 0.3) is 0 Å². The molecule has 5 nitrogen and oxygen atoms in total. The second-order valence-electron chi connectivity index (χ2n) is 8.94. The zero-order chi connectivity index (χ0) is 19.3. The van der Waals surface area contributed by atoms with E-state index in [1.165, 1.54) is 37.8 Å². The molecular formula is C23H36N2O3. The number of β-amino-alcohol motifs (C(OH)–C–C–N with tert-alkyl or cyclic N) is 1. The van der Waals surface area contributed by atoms with Crippen molar-refractivity contribution < 1.29 is 14.6 Å². The van der Waals surface area contributed by atoms with Gasteiger partial charge in [-0.15, -0.1) is 0 Å². The summed E-state index contributed by atoms with van der Waals surface area (Å²) in [4.78, 5) is 4.75. The van der Waals surface area contributed by atoms with E-state index in [1.54, 1.807) is 7.11 Å². The van der Waals surface area contributed by atoms with Crippen LogP contribution in [0, 0.1) is 17.8 Å². The Morgan fingerprint density at radius 3 is 2.50 bits per heavy atom. The molecular weight excluding hydrogens is 352 g/mol. The van der Waals surface area contributed by atoms with Gasteiger partial charge in [0.15, 0.2) is 0 Å². The molecule has 3 fully saturated rings. The molecule has 0 amide bonds. The molecule has 1 saturated heterocycles. The second kappa shape index (κ2) is 9.47. The van der Waals surface area contributed by atoms with Crippen LogP contribution in [0.15, 0.2) is 24.3 Å². The van der Waals surface area contributed by atoms with Gasteiger partial charge in [-0.25, -0.2) is 0 Å². The van der Waals surface area contributed by atoms with Crippen LogP contribution in [-0.2, 0) is 4.74 Å². The number of benzene rings is 1. The predicted molar refractivity (Wildman–Crippen MR) is 112 cm³/mol. The SMILES string of the molecule is COc1ccc(N2CCN(C[C@H](O)COCC[C@H]3C[C@H]4CC[C@H]3C4)CC2)cc1. The molecule has 28 heavy (non-hydrogen) atoms. The van der Waals surface area contributed by atoms with Crippen LogP contribution in [0.5, 0.6) is 5.75 Å². The van der Waals surface area contributed by atoms with Crippen molar-refractivity contribution >= 4 is 5.69 Å². The molecule has 1 aliphatic heterocycles. The molecule has 3 aliphatic rings. The number of rotatable bonds is 9. The van der Waals surface area contributed by atoms with Crippen LogP contribution < -0.4 is 9.64 Å². The summed E-state index contributed by atoms with van der Waals surface area (Å²) in [7, 11) is 1.70. The van der Waals surface area contributed by atoms with E-state index in [0.717, 1.165) is 56.3 Å². The first-order chi connectivity index (χ1) is 13.7. The predicted octanol–water partition coefficient (Wildman–Crippen LogP) is 3.02. The number of piperazine rings is 1. The van der Waals surface area contributed by atoms with Gasteiger partial charge >= 0.3 is 0 Å². The van der Waals surface area contributed by atoms with Crippen LogP contribution in [0.25, 0.3) is 0 Å². The summed E-state index contributed by atoms with van der Waals surface area (Å²) in [6.07, 6.45) is 6.61. The Morgan fingerprint density at radius 1 is 1.07 bits per heavy atom. The maximum absolute atomic E-state index is 10.3. The third-order valence-electron chi connectivity index (χ3n) is 7.11. The highest BCUT2D eigenvalue weighted by Gasteiger charge is 2.38. The van der Waals surface area contributed by atoms with Crippen molar-refractivity contribution in [2.45, 2.75) is 38.2 Å². The molecule has 0 unspecified atom stereocenters. The van der Waals surface area contributed by atoms with Crippen molar-refractivity contribution in [2.75, 3.05) is 57.9 Å². The molecule has 1 N–H and O–H groups in total. The normalized spacial score (nSPS) is 28.6. The van der Waals surface area contributed by atoms with E-state index in [-0.39, 0.29) is 6.10 Å². The molecule has 1 aromatic carbocycles. The third-order valence-corrected chi connectivity index (χ3v) is 7.11. The Morgan fingerprint density at radius 2 is 1.86 bits per heavy atom. The molecule has 1 aromatic rings. The van der Waals surface area contributed by atoms with Crippen molar-refractivity contribution in [3.05, 3.63) is 24.3 Å². The molecule has 4 atom stereocenters. The van der Waals surface area contributed by atoms with Gasteiger partial charge in [-0.1, -0.05) is 6.42 Å². The van der Waals surface area contributed by atoms with E-state index < -0.39 is 0 Å². The second-order valence-corrected chi connectivity index (χ2v) is 8.94. The van der Waals surface area contributed by atoms with Crippen LogP contribution in [0.2, 0.25) is 0 Å². The Balaban J connectivity index is 1.10. The van der Waals surface area contributed by atoms with E-state index in [0.29, 0.717) is 13.2 Å². The Bertz CT molecular complexity index is 600. The van der Waals surface area contributed by atoms with Crippen molar-refractivity contribution in [3.63, 3.8) is 0 Å². The summed E-state index contributed by atoms with van der Waals surface area (Å²) in [6.45, 7) is 5.94. The monoisotopic (exact) mass is 388 g/mol. The molecule has 0 aromatic heterocycles. The summed E-state index contributed by atoms with van der Waals surface area (Å²) >= 11 is 0. The van der Waals surface area contributed by atoms with E-state index in [4.69, 9.17) is 9.47 Å². The number of methoxy groups -OCH3 is 1. The lowest BCUT2D eigenvalue weighted by atomic mass is 9.87. The maximum atomic E-state index is 10.3. The van der Waals surface area contributed by atoms with E-state index in [1.807, 2.05) is 12.1 Å². The summed E-state index contributed by atoms with van der Waals surface area (Å²) in [6, 6.07) is 8.26. The summed E-state index contributed by atoms with van der Waals surface area (Å²) in [5.41, 5.74) is 1.24. The Kier molecular flexibility index (Phi) is 6.76. The van der Waals surface area contributed by atoms with Crippen LogP contribution in [0.3, 0.4) is 0 Å². The van der Waals surface area contributed by atoms with Gasteiger partial charge in [0.05, 0.1) is 19.8 Å². The number of hydrogen-bond acceptors (Lipinski definition) is 5. The lowest BCUT2D eigenvalue weighted by Crippen LogP contribution is -2.49. The van der Waals surface area contributed by atoms with Gasteiger partial charge in [-0.05, 0) is 67.7 Å². The maximum Gasteiger partial charge on any atom is 0.119 e. The third kappa shape index (κ3) is 5.00. The highest BCUT2D eigenvalue weighted by atomic mass is 16.5. The van der Waals surface area contributed by atoms with Crippen molar-refractivity contribution in [1.29, 1.82) is 0 Å². The summed E-state index contributed by atoms with van der Waals surface area (Å²) in [5, 5.41) is 10.3. The molecule has 0 radical (unpaired) electrons. The van der Waals surface area contributed by atoms with E-state index in [9.17, 15) is 5.11 Å². The first kappa shape index (κ1) is 20.0. The number of aliphatic hydroxyl groups excluding tert-OH is 1. The van der Waals surface area contributed by atoms with Gasteiger partial charge < -0.3 is 19.5 Å². The van der Waals surface area contributed by atoms with Crippen LogP contribution in [-0.4, -0.2) is 69.2 Å². The number of fused-ring (bicyclic) bond motifs is 2. The Hall–Kier alpha value is -1.30. The van der Waals surface area contributed by atoms with Crippen LogP contribution in [0.1, 0.15) is 32.1 Å². The quantitative estimate of drug-likeness (QED) is 0.659. The van der Waals surface area contributed by atoms with Crippen LogP contribution in [0.4, 0.5) is 5.69 Å². The fourth-order valence-corrected chi connectivity index (χ4v) is 5.52. The lowest BCUT2D eigenvalue weighted by molar-refractivity contribution is 0.0100. The first-order valence-corrected chi connectivity index (χ1v) is 11.1. The average Bonchev–Trinajstić information content (AvgIpc) is 3.35. The zero-order valence-electron chi connectivity index (χ0n) is 17.3. The van der Waals surface area contributed by atoms with E-state index in [2.05, 4.69) is 21.9 Å². The molecule has 0 spiro atoms. The fourth-order valence-electron chi connectivity index (χ4n) is 5.52. The molecule has 2 bridgehead atoms. The zero-order valence-corrected chi connectivity index (χ0v) is 17.3. The van der Waals surface area contributed by atoms with Gasteiger partial charge in [0.1, 0.15) is 5.75 Å². The molecule has 5 heteroatoms. The van der Waals surface area contributed by atoms with Crippen LogP contribution >= 0.6 is 0 Å². The number of anilines is 1. The largest absolute Gasteiger partial charge is 0.497 e. The first-order valence-electron chi connectivity index (χ1n) is 11.1. The average molecular weight is 389 g/mol. The van der Waals surface area contributed by atoms with Crippen molar-refractivity contribution in [3.8, 4) is 5.75 Å². The lowest BCUT2D eigenvalue weighted by Gasteiger charge is -2.37. The van der Waals surface area contributed by atoms with Gasteiger partial charge in [-0.3, -0.25) is 4.90 Å². The minimum Gasteiger partial charge on any atom is -0.497 e. The van der Waals surface area contributed by atoms with E-state index >= 15 is 0 Å². The molecule has 156 valence electrons. The number of nitrogens with zero attached hydrogens (tertiary/aromatic N) is 2. The number of aliphatic hydroxyl groups is 1. The van der Waals surface area contributed by atoms with Crippen molar-refractivity contribution in [1.82, 2.24) is 4.90 Å². The topological polar surface area (TPSA) is 45.2 Å². The van der Waals surface area contributed by atoms with Gasteiger partial charge in [-0.2, -0.15) is 0 Å². The highest BCUT2D eigenvalue weighted by Crippen LogP contribution is 2.49. The molecule has 2 aliphatic carbocycles. The minimum absolute atomic E-state index is 0.382. The van der Waals surface area contributed by atoms with Gasteiger partial charge in [0.2, 0.25) is 0 Å². The fraction of sp³-hybridized carbons (Fsp3) is 0.739. The Labute approximate surface area is 169 Å². The highest BCUT2D eigenvalue weighted by molar-refractivity contribution is 5.49. The molecule has 1 heterocycles. The summed E-state index contributed by atoms with van der Waals surface area (Å²) in [5.74, 6) is 3.77. The number of hydrogen-bond donors (Lipinski definition) is 1. The minimum atomic E-state index is -0.382. The van der Waals surface area contributed by atoms with Gasteiger partial charge in [0, 0.05) is 45.0 Å². The van der Waals surface area contributed by atoms with Crippen molar-refractivity contribution in [2.24, 2.45) is 17.8 Å².